The Hall–Kier alpha value is -0.670. The van der Waals surface area contributed by atoms with E-state index in [4.69, 9.17) is 0 Å². The van der Waals surface area contributed by atoms with Crippen LogP contribution in [-0.4, -0.2) is 18.1 Å². The first-order valence-corrected chi connectivity index (χ1v) is 5.14. The molecule has 2 rings (SSSR count). The summed E-state index contributed by atoms with van der Waals surface area (Å²) >= 11 is 1.73. The van der Waals surface area contributed by atoms with Crippen LogP contribution >= 0.6 is 11.3 Å². The predicted molar refractivity (Wildman–Crippen MR) is 52.2 cm³/mol. The minimum Gasteiger partial charge on any atom is -0.316 e. The largest absolute Gasteiger partial charge is 0.316 e. The van der Waals surface area contributed by atoms with Crippen molar-refractivity contribution in [3.63, 3.8) is 0 Å². The van der Waals surface area contributed by atoms with Gasteiger partial charge in [0.2, 0.25) is 0 Å². The fourth-order valence-corrected chi connectivity index (χ4v) is 2.08. The fourth-order valence-electron chi connectivity index (χ4n) is 1.37. The number of aromatic nitrogens is 1. The molecule has 1 aliphatic rings. The molecule has 0 saturated carbocycles. The third kappa shape index (κ3) is 1.73. The van der Waals surface area contributed by atoms with Gasteiger partial charge >= 0.3 is 0 Å². The molecular weight excluding hydrogens is 168 g/mol. The molecular formula is C9H12N2S. The summed E-state index contributed by atoms with van der Waals surface area (Å²) in [6.45, 7) is 2.19. The van der Waals surface area contributed by atoms with Gasteiger partial charge in [0.25, 0.3) is 0 Å². The minimum absolute atomic E-state index is 1.09. The molecule has 0 amide bonds. The molecule has 3 heteroatoms. The first kappa shape index (κ1) is 7.95. The first-order valence-electron chi connectivity index (χ1n) is 4.26. The Labute approximate surface area is 76.3 Å². The molecule has 1 aromatic rings. The Bertz CT molecular complexity index is 264. The third-order valence-electron chi connectivity index (χ3n) is 1.99. The molecule has 2 nitrogen and oxygen atoms in total. The van der Waals surface area contributed by atoms with E-state index in [2.05, 4.69) is 16.4 Å². The Morgan fingerprint density at radius 2 is 2.42 bits per heavy atom. The number of rotatable bonds is 1. The fraction of sp³-hybridized carbons (Fsp3) is 0.444. The highest BCUT2D eigenvalue weighted by Crippen LogP contribution is 2.21. The molecule has 0 fully saturated rings. The normalized spacial score (nSPS) is 18.5. The highest BCUT2D eigenvalue weighted by Gasteiger charge is 2.05. The van der Waals surface area contributed by atoms with Crippen LogP contribution in [0.4, 0.5) is 0 Å². The molecule has 1 N–H and O–H groups in total. The third-order valence-corrected chi connectivity index (χ3v) is 2.84. The topological polar surface area (TPSA) is 24.9 Å². The van der Waals surface area contributed by atoms with Crippen molar-refractivity contribution in [2.24, 2.45) is 0 Å². The molecule has 2 heterocycles. The van der Waals surface area contributed by atoms with E-state index in [1.54, 1.807) is 11.3 Å². The van der Waals surface area contributed by atoms with E-state index in [-0.39, 0.29) is 0 Å². The Balaban J connectivity index is 2.16. The molecule has 1 aliphatic heterocycles. The zero-order valence-electron chi connectivity index (χ0n) is 6.92. The van der Waals surface area contributed by atoms with Crippen molar-refractivity contribution >= 4 is 16.9 Å². The second kappa shape index (κ2) is 3.83. The average molecular weight is 180 g/mol. The van der Waals surface area contributed by atoms with E-state index < -0.39 is 0 Å². The van der Waals surface area contributed by atoms with Crippen LogP contribution in [0.5, 0.6) is 0 Å². The molecule has 64 valence electrons. The van der Waals surface area contributed by atoms with Crippen LogP contribution in [0.25, 0.3) is 5.57 Å². The van der Waals surface area contributed by atoms with Gasteiger partial charge in [-0.2, -0.15) is 0 Å². The van der Waals surface area contributed by atoms with Gasteiger partial charge in [0, 0.05) is 11.6 Å². The highest BCUT2D eigenvalue weighted by atomic mass is 32.1. The van der Waals surface area contributed by atoms with Crippen molar-refractivity contribution in [2.75, 3.05) is 13.1 Å². The van der Waals surface area contributed by atoms with Crippen molar-refractivity contribution in [2.45, 2.75) is 12.8 Å². The highest BCUT2D eigenvalue weighted by molar-refractivity contribution is 7.10. The molecule has 0 aromatic carbocycles. The quantitative estimate of drug-likeness (QED) is 0.714. The Kier molecular flexibility index (Phi) is 2.54. The summed E-state index contributed by atoms with van der Waals surface area (Å²) in [6.07, 6.45) is 6.43. The van der Waals surface area contributed by atoms with E-state index in [1.165, 1.54) is 10.6 Å². The Morgan fingerprint density at radius 1 is 1.42 bits per heavy atom. The van der Waals surface area contributed by atoms with Crippen molar-refractivity contribution in [3.8, 4) is 0 Å². The molecule has 12 heavy (non-hydrogen) atoms. The molecule has 0 unspecified atom stereocenters. The van der Waals surface area contributed by atoms with Crippen molar-refractivity contribution in [1.82, 2.24) is 10.3 Å². The van der Waals surface area contributed by atoms with Crippen LogP contribution in [0, 0.1) is 0 Å². The summed E-state index contributed by atoms with van der Waals surface area (Å²) in [5.41, 5.74) is 1.41. The summed E-state index contributed by atoms with van der Waals surface area (Å²) in [5, 5.41) is 6.59. The second-order valence-corrected chi connectivity index (χ2v) is 3.75. The van der Waals surface area contributed by atoms with Gasteiger partial charge in [0.1, 0.15) is 5.01 Å². The SMILES string of the molecule is C1=C(c2nccs2)CCNCC1. The van der Waals surface area contributed by atoms with Gasteiger partial charge in [-0.25, -0.2) is 4.98 Å². The van der Waals surface area contributed by atoms with Gasteiger partial charge in [-0.1, -0.05) is 6.08 Å². The van der Waals surface area contributed by atoms with Crippen LogP contribution < -0.4 is 5.32 Å². The minimum atomic E-state index is 1.09. The Morgan fingerprint density at radius 3 is 3.25 bits per heavy atom. The summed E-state index contributed by atoms with van der Waals surface area (Å²) in [6, 6.07) is 0. The van der Waals surface area contributed by atoms with Gasteiger partial charge in [-0.15, -0.1) is 11.3 Å². The van der Waals surface area contributed by atoms with Crippen molar-refractivity contribution < 1.29 is 0 Å². The van der Waals surface area contributed by atoms with Crippen molar-refractivity contribution in [1.29, 1.82) is 0 Å². The predicted octanol–water partition coefficient (Wildman–Crippen LogP) is 1.91. The summed E-state index contributed by atoms with van der Waals surface area (Å²) in [5.74, 6) is 0. The van der Waals surface area contributed by atoms with Gasteiger partial charge in [-0.05, 0) is 31.5 Å². The maximum atomic E-state index is 4.30. The van der Waals surface area contributed by atoms with Crippen LogP contribution in [0.15, 0.2) is 17.7 Å². The monoisotopic (exact) mass is 180 g/mol. The van der Waals surface area contributed by atoms with Crippen LogP contribution in [-0.2, 0) is 0 Å². The summed E-state index contributed by atoms with van der Waals surface area (Å²) < 4.78 is 0. The van der Waals surface area contributed by atoms with Gasteiger partial charge in [-0.3, -0.25) is 0 Å². The van der Waals surface area contributed by atoms with E-state index in [9.17, 15) is 0 Å². The zero-order chi connectivity index (χ0) is 8.23. The standard InChI is InChI=1S/C9H12N2S/c1-2-8(3-5-10-4-1)9-11-6-7-12-9/h2,6-7,10H,1,3-5H2. The molecule has 0 saturated heterocycles. The number of hydrogen-bond donors (Lipinski definition) is 1. The van der Waals surface area contributed by atoms with E-state index >= 15 is 0 Å². The summed E-state index contributed by atoms with van der Waals surface area (Å²) in [7, 11) is 0. The average Bonchev–Trinajstić information content (AvgIpc) is 2.48. The smallest absolute Gasteiger partial charge is 0.118 e. The van der Waals surface area contributed by atoms with E-state index in [0.29, 0.717) is 0 Å². The number of nitrogens with one attached hydrogen (secondary N) is 1. The molecule has 1 aromatic heterocycles. The lowest BCUT2D eigenvalue weighted by atomic mass is 10.2. The lowest BCUT2D eigenvalue weighted by molar-refractivity contribution is 0.718. The van der Waals surface area contributed by atoms with Crippen LogP contribution in [0.3, 0.4) is 0 Å². The van der Waals surface area contributed by atoms with Gasteiger partial charge in [0.05, 0.1) is 0 Å². The van der Waals surface area contributed by atoms with Crippen LogP contribution in [0.2, 0.25) is 0 Å². The lowest BCUT2D eigenvalue weighted by Gasteiger charge is -1.99. The molecule has 0 aliphatic carbocycles. The number of thiazole rings is 1. The molecule has 0 atom stereocenters. The lowest BCUT2D eigenvalue weighted by Crippen LogP contribution is -2.13. The zero-order valence-corrected chi connectivity index (χ0v) is 7.73. The van der Waals surface area contributed by atoms with Crippen molar-refractivity contribution in [3.05, 3.63) is 22.7 Å². The number of nitrogens with zero attached hydrogens (tertiary/aromatic N) is 1. The summed E-state index contributed by atoms with van der Waals surface area (Å²) in [4.78, 5) is 4.30. The van der Waals surface area contributed by atoms with Gasteiger partial charge in [0.15, 0.2) is 0 Å². The van der Waals surface area contributed by atoms with E-state index in [0.717, 1.165) is 25.9 Å². The number of hydrogen-bond acceptors (Lipinski definition) is 3. The second-order valence-electron chi connectivity index (χ2n) is 2.86. The maximum Gasteiger partial charge on any atom is 0.118 e. The molecule has 0 spiro atoms. The van der Waals surface area contributed by atoms with Crippen LogP contribution in [0.1, 0.15) is 17.8 Å². The maximum absolute atomic E-state index is 4.30. The first-order chi connectivity index (χ1) is 5.97. The molecule has 0 bridgehead atoms. The van der Waals surface area contributed by atoms with E-state index in [1.807, 2.05) is 11.6 Å². The molecule has 0 radical (unpaired) electrons. The van der Waals surface area contributed by atoms with Gasteiger partial charge < -0.3 is 5.32 Å².